The number of benzene rings is 2. The van der Waals surface area contributed by atoms with Crippen molar-refractivity contribution >= 4 is 24.7 Å². The third kappa shape index (κ3) is 4.51. The van der Waals surface area contributed by atoms with Crippen LogP contribution in [0.5, 0.6) is 0 Å². The largest absolute Gasteiger partial charge is 0.466 e. The molecular weight excluding hydrogens is 340 g/mol. The molecule has 138 valence electrons. The molecule has 0 saturated carbocycles. The van der Waals surface area contributed by atoms with Crippen LogP contribution >= 0.6 is 0 Å². The molecule has 0 aliphatic carbocycles. The fraction of sp³-hybridized carbons (Fsp3) is 0.318. The van der Waals surface area contributed by atoms with Gasteiger partial charge in [0.25, 0.3) is 8.32 Å². The van der Waals surface area contributed by atoms with Crippen molar-refractivity contribution in [2.75, 3.05) is 13.7 Å². The van der Waals surface area contributed by atoms with E-state index in [2.05, 4.69) is 74.0 Å². The van der Waals surface area contributed by atoms with Gasteiger partial charge in [0.2, 0.25) is 0 Å². The highest BCUT2D eigenvalue weighted by Gasteiger charge is 2.49. The highest BCUT2D eigenvalue weighted by molar-refractivity contribution is 6.99. The standard InChI is InChI=1S/C22H28O3Si/c1-22(2,3)26(19-13-7-5-8-14-19,20-15-9-6-10-16-20)25-18-12-11-17-21(23)24-4/h5-11,13-17H,12,18H2,1-4H3/b17-11+. The summed E-state index contributed by atoms with van der Waals surface area (Å²) in [6.07, 6.45) is 3.93. The molecule has 0 fully saturated rings. The van der Waals surface area contributed by atoms with Gasteiger partial charge in [0.15, 0.2) is 0 Å². The molecule has 0 atom stereocenters. The Kier molecular flexibility index (Phi) is 6.95. The van der Waals surface area contributed by atoms with E-state index in [4.69, 9.17) is 4.43 Å². The number of methoxy groups -OCH3 is 1. The minimum Gasteiger partial charge on any atom is -0.466 e. The molecule has 3 nitrogen and oxygen atoms in total. The number of carbonyl (C=O) groups is 1. The van der Waals surface area contributed by atoms with Crippen molar-refractivity contribution in [3.8, 4) is 0 Å². The summed E-state index contributed by atoms with van der Waals surface area (Å²) in [5.41, 5.74) is 0. The highest BCUT2D eigenvalue weighted by atomic mass is 28.4. The van der Waals surface area contributed by atoms with E-state index in [-0.39, 0.29) is 11.0 Å². The highest BCUT2D eigenvalue weighted by Crippen LogP contribution is 2.36. The Morgan fingerprint density at radius 3 is 1.88 bits per heavy atom. The van der Waals surface area contributed by atoms with Crippen LogP contribution in [-0.4, -0.2) is 28.0 Å². The van der Waals surface area contributed by atoms with Crippen molar-refractivity contribution in [2.45, 2.75) is 32.2 Å². The smallest absolute Gasteiger partial charge is 0.330 e. The molecule has 26 heavy (non-hydrogen) atoms. The van der Waals surface area contributed by atoms with Gasteiger partial charge in [-0.15, -0.1) is 0 Å². The van der Waals surface area contributed by atoms with Gasteiger partial charge in [-0.05, 0) is 21.8 Å². The maximum Gasteiger partial charge on any atom is 0.330 e. The Morgan fingerprint density at radius 1 is 0.962 bits per heavy atom. The topological polar surface area (TPSA) is 35.5 Å². The monoisotopic (exact) mass is 368 g/mol. The predicted molar refractivity (Wildman–Crippen MR) is 109 cm³/mol. The summed E-state index contributed by atoms with van der Waals surface area (Å²) in [5.74, 6) is -0.338. The zero-order valence-corrected chi connectivity index (χ0v) is 17.1. The molecule has 0 aliphatic rings. The molecule has 2 aromatic rings. The van der Waals surface area contributed by atoms with Gasteiger partial charge in [-0.25, -0.2) is 4.79 Å². The first kappa shape index (κ1) is 20.1. The maximum absolute atomic E-state index is 11.2. The van der Waals surface area contributed by atoms with Crippen molar-refractivity contribution < 1.29 is 14.0 Å². The van der Waals surface area contributed by atoms with E-state index in [9.17, 15) is 4.79 Å². The van der Waals surface area contributed by atoms with Crippen LogP contribution in [0.1, 0.15) is 27.2 Å². The summed E-state index contributed by atoms with van der Waals surface area (Å²) in [6.45, 7) is 7.32. The SMILES string of the molecule is COC(=O)/C=C/CCO[Si](c1ccccc1)(c1ccccc1)C(C)(C)C. The van der Waals surface area contributed by atoms with Gasteiger partial charge in [0.05, 0.1) is 7.11 Å². The Morgan fingerprint density at radius 2 is 1.46 bits per heavy atom. The van der Waals surface area contributed by atoms with Gasteiger partial charge in [0.1, 0.15) is 0 Å². The molecular formula is C22H28O3Si. The number of carbonyl (C=O) groups excluding carboxylic acids is 1. The van der Waals surface area contributed by atoms with Crippen LogP contribution in [0.2, 0.25) is 5.04 Å². The van der Waals surface area contributed by atoms with E-state index in [1.165, 1.54) is 23.6 Å². The summed E-state index contributed by atoms with van der Waals surface area (Å²) >= 11 is 0. The van der Waals surface area contributed by atoms with E-state index >= 15 is 0 Å². The Hall–Kier alpha value is -2.17. The van der Waals surface area contributed by atoms with Crippen molar-refractivity contribution in [1.82, 2.24) is 0 Å². The first-order valence-corrected chi connectivity index (χ1v) is 10.8. The number of ether oxygens (including phenoxy) is 1. The predicted octanol–water partition coefficient (Wildman–Crippen LogP) is 3.68. The number of rotatable bonds is 7. The van der Waals surface area contributed by atoms with Crippen LogP contribution in [0.4, 0.5) is 0 Å². The molecule has 4 heteroatoms. The van der Waals surface area contributed by atoms with Gasteiger partial charge in [-0.1, -0.05) is 87.5 Å². The minimum absolute atomic E-state index is 0.0399. The maximum atomic E-state index is 11.2. The zero-order chi connectivity index (χ0) is 19.0. The number of esters is 1. The van der Waals surface area contributed by atoms with Crippen LogP contribution in [0.25, 0.3) is 0 Å². The second-order valence-corrected chi connectivity index (χ2v) is 11.5. The molecule has 0 saturated heterocycles. The van der Waals surface area contributed by atoms with Gasteiger partial charge in [0, 0.05) is 12.7 Å². The Bertz CT molecular complexity index is 679. The molecule has 0 aromatic heterocycles. The van der Waals surface area contributed by atoms with Gasteiger partial charge in [-0.2, -0.15) is 0 Å². The molecule has 0 spiro atoms. The third-order valence-electron chi connectivity index (χ3n) is 4.48. The summed E-state index contributed by atoms with van der Waals surface area (Å²) in [6, 6.07) is 21.1. The van der Waals surface area contributed by atoms with Crippen molar-refractivity contribution in [2.24, 2.45) is 0 Å². The average molecular weight is 369 g/mol. The lowest BCUT2D eigenvalue weighted by Crippen LogP contribution is -2.66. The van der Waals surface area contributed by atoms with E-state index in [0.29, 0.717) is 13.0 Å². The van der Waals surface area contributed by atoms with Crippen LogP contribution in [0.3, 0.4) is 0 Å². The third-order valence-corrected chi connectivity index (χ3v) is 9.52. The van der Waals surface area contributed by atoms with E-state index in [1.54, 1.807) is 0 Å². The first-order chi connectivity index (χ1) is 12.4. The van der Waals surface area contributed by atoms with Gasteiger partial charge >= 0.3 is 5.97 Å². The summed E-state index contributed by atoms with van der Waals surface area (Å²) in [7, 11) is -1.10. The van der Waals surface area contributed by atoms with Crippen molar-refractivity contribution in [1.29, 1.82) is 0 Å². The number of hydrogen-bond donors (Lipinski definition) is 0. The fourth-order valence-corrected chi connectivity index (χ4v) is 7.87. The minimum atomic E-state index is -2.48. The summed E-state index contributed by atoms with van der Waals surface area (Å²) in [4.78, 5) is 11.2. The average Bonchev–Trinajstić information content (AvgIpc) is 2.65. The van der Waals surface area contributed by atoms with Gasteiger partial charge in [-0.3, -0.25) is 0 Å². The van der Waals surface area contributed by atoms with Crippen molar-refractivity contribution in [3.63, 3.8) is 0 Å². The Labute approximate surface area is 157 Å². The quantitative estimate of drug-likeness (QED) is 0.324. The van der Waals surface area contributed by atoms with Crippen LogP contribution in [0, 0.1) is 0 Å². The second-order valence-electron chi connectivity index (χ2n) is 7.23. The van der Waals surface area contributed by atoms with Crippen LogP contribution < -0.4 is 10.4 Å². The molecule has 0 bridgehead atoms. The zero-order valence-electron chi connectivity index (χ0n) is 16.1. The van der Waals surface area contributed by atoms with Crippen LogP contribution in [0.15, 0.2) is 72.8 Å². The van der Waals surface area contributed by atoms with Gasteiger partial charge < -0.3 is 9.16 Å². The molecule has 2 aromatic carbocycles. The second kappa shape index (κ2) is 8.97. The van der Waals surface area contributed by atoms with Crippen LogP contribution in [-0.2, 0) is 14.0 Å². The summed E-state index contributed by atoms with van der Waals surface area (Å²) < 4.78 is 11.4. The number of hydrogen-bond acceptors (Lipinski definition) is 3. The van der Waals surface area contributed by atoms with E-state index in [1.807, 2.05) is 18.2 Å². The lowest BCUT2D eigenvalue weighted by Gasteiger charge is -2.43. The van der Waals surface area contributed by atoms with Crippen molar-refractivity contribution in [3.05, 3.63) is 72.8 Å². The first-order valence-electron chi connectivity index (χ1n) is 8.91. The lowest BCUT2D eigenvalue weighted by molar-refractivity contribution is -0.134. The molecule has 0 heterocycles. The summed E-state index contributed by atoms with van der Waals surface area (Å²) in [5, 5.41) is 2.48. The normalized spacial score (nSPS) is 12.3. The molecule has 0 unspecified atom stereocenters. The van der Waals surface area contributed by atoms with E-state index in [0.717, 1.165) is 0 Å². The molecule has 0 aliphatic heterocycles. The molecule has 0 radical (unpaired) electrons. The Balaban J connectivity index is 2.38. The molecule has 2 rings (SSSR count). The molecule has 0 amide bonds. The lowest BCUT2D eigenvalue weighted by atomic mass is 10.2. The molecule has 0 N–H and O–H groups in total. The van der Waals surface area contributed by atoms with E-state index < -0.39 is 8.32 Å². The fourth-order valence-electron chi connectivity index (χ4n) is 3.29.